The van der Waals surface area contributed by atoms with Gasteiger partial charge in [-0.05, 0) is 35.7 Å². The average molecular weight is 281 g/mol. The lowest BCUT2D eigenvalue weighted by atomic mass is 10.3. The molecule has 2 aromatic rings. The molecular weight excluding hydrogens is 268 g/mol. The highest BCUT2D eigenvalue weighted by atomic mass is 35.5. The van der Waals surface area contributed by atoms with Gasteiger partial charge in [0.2, 0.25) is 5.91 Å². The van der Waals surface area contributed by atoms with Gasteiger partial charge in [-0.1, -0.05) is 17.7 Å². The van der Waals surface area contributed by atoms with Gasteiger partial charge in [0.25, 0.3) is 0 Å². The Balaban J connectivity index is 1.73. The summed E-state index contributed by atoms with van der Waals surface area (Å²) >= 11 is 7.41. The first-order valence-electron chi connectivity index (χ1n) is 5.52. The van der Waals surface area contributed by atoms with E-state index in [9.17, 15) is 4.79 Å². The van der Waals surface area contributed by atoms with Crippen LogP contribution in [0.4, 0.5) is 5.69 Å². The summed E-state index contributed by atoms with van der Waals surface area (Å²) in [7, 11) is 0. The smallest absolute Gasteiger partial charge is 0.239 e. The Morgan fingerprint density at radius 2 is 2.00 bits per heavy atom. The fraction of sp³-hybridized carbons (Fsp3) is 0.154. The van der Waals surface area contributed by atoms with Crippen LogP contribution in [0.1, 0.15) is 4.88 Å². The van der Waals surface area contributed by atoms with Gasteiger partial charge in [0.1, 0.15) is 0 Å². The Bertz CT molecular complexity index is 496. The van der Waals surface area contributed by atoms with Gasteiger partial charge in [0, 0.05) is 15.6 Å². The lowest BCUT2D eigenvalue weighted by molar-refractivity contribution is -0.119. The normalized spacial score (nSPS) is 10.1. The predicted octanol–water partition coefficient (Wildman–Crippen LogP) is 3.13. The van der Waals surface area contributed by atoms with Crippen LogP contribution in [-0.2, 0) is 11.3 Å². The van der Waals surface area contributed by atoms with Crippen molar-refractivity contribution in [2.75, 3.05) is 11.9 Å². The summed E-state index contributed by atoms with van der Waals surface area (Å²) in [6.07, 6.45) is 0. The van der Waals surface area contributed by atoms with Gasteiger partial charge in [0.05, 0.1) is 13.1 Å². The number of rotatable bonds is 5. The van der Waals surface area contributed by atoms with E-state index in [-0.39, 0.29) is 12.5 Å². The molecule has 0 aliphatic rings. The second-order valence-corrected chi connectivity index (χ2v) is 5.19. The maximum absolute atomic E-state index is 11.6. The van der Waals surface area contributed by atoms with Crippen LogP contribution in [0.3, 0.4) is 0 Å². The molecule has 0 unspecified atom stereocenters. The molecule has 0 spiro atoms. The van der Waals surface area contributed by atoms with Gasteiger partial charge in [-0.2, -0.15) is 0 Å². The van der Waals surface area contributed by atoms with Gasteiger partial charge in [-0.25, -0.2) is 0 Å². The van der Waals surface area contributed by atoms with Crippen LogP contribution in [0.2, 0.25) is 5.02 Å². The van der Waals surface area contributed by atoms with Crippen molar-refractivity contribution >= 4 is 34.5 Å². The molecule has 0 radical (unpaired) electrons. The summed E-state index contributed by atoms with van der Waals surface area (Å²) in [6.45, 7) is 0.839. The quantitative estimate of drug-likeness (QED) is 0.883. The van der Waals surface area contributed by atoms with Crippen LogP contribution in [0, 0.1) is 0 Å². The Labute approximate surface area is 115 Å². The molecule has 1 heterocycles. The second-order valence-electron chi connectivity index (χ2n) is 3.72. The maximum Gasteiger partial charge on any atom is 0.239 e. The molecule has 0 bridgehead atoms. The van der Waals surface area contributed by atoms with Crippen LogP contribution in [0.5, 0.6) is 0 Å². The molecule has 0 aliphatic carbocycles. The summed E-state index contributed by atoms with van der Waals surface area (Å²) in [5.74, 6) is -0.0293. The number of carbonyl (C=O) groups excluding carboxylic acids is 1. The summed E-state index contributed by atoms with van der Waals surface area (Å²) in [4.78, 5) is 12.7. The Hall–Kier alpha value is -1.52. The lowest BCUT2D eigenvalue weighted by Crippen LogP contribution is -2.29. The van der Waals surface area contributed by atoms with E-state index in [1.807, 2.05) is 29.6 Å². The number of thiophene rings is 1. The molecule has 0 aliphatic heterocycles. The minimum atomic E-state index is -0.0293. The zero-order valence-electron chi connectivity index (χ0n) is 9.65. The van der Waals surface area contributed by atoms with Crippen LogP contribution >= 0.6 is 22.9 Å². The Morgan fingerprint density at radius 1 is 1.22 bits per heavy atom. The molecule has 0 atom stereocenters. The van der Waals surface area contributed by atoms with Crippen molar-refractivity contribution < 1.29 is 4.79 Å². The number of carbonyl (C=O) groups is 1. The fourth-order valence-electron chi connectivity index (χ4n) is 1.41. The van der Waals surface area contributed by atoms with Gasteiger partial charge in [-0.3, -0.25) is 4.79 Å². The first-order valence-corrected chi connectivity index (χ1v) is 6.78. The standard InChI is InChI=1S/C13H13ClN2OS/c14-10-3-5-11(6-4-10)15-9-13(17)16-8-12-2-1-7-18-12/h1-7,15H,8-9H2,(H,16,17). The van der Waals surface area contributed by atoms with E-state index in [0.717, 1.165) is 10.6 Å². The molecule has 94 valence electrons. The number of halogens is 1. The van der Waals surface area contributed by atoms with Gasteiger partial charge in [0.15, 0.2) is 0 Å². The van der Waals surface area contributed by atoms with Gasteiger partial charge in [-0.15, -0.1) is 11.3 Å². The maximum atomic E-state index is 11.6. The highest BCUT2D eigenvalue weighted by molar-refractivity contribution is 7.09. The summed E-state index contributed by atoms with van der Waals surface area (Å²) in [5, 5.41) is 8.56. The summed E-state index contributed by atoms with van der Waals surface area (Å²) in [5.41, 5.74) is 0.880. The van der Waals surface area contributed by atoms with E-state index in [2.05, 4.69) is 10.6 Å². The molecule has 0 saturated carbocycles. The fourth-order valence-corrected chi connectivity index (χ4v) is 2.18. The van der Waals surface area contributed by atoms with Crippen LogP contribution < -0.4 is 10.6 Å². The molecule has 1 aromatic heterocycles. The van der Waals surface area contributed by atoms with Crippen LogP contribution in [-0.4, -0.2) is 12.5 Å². The van der Waals surface area contributed by atoms with Crippen molar-refractivity contribution in [3.8, 4) is 0 Å². The first-order chi connectivity index (χ1) is 8.74. The minimum Gasteiger partial charge on any atom is -0.376 e. The summed E-state index contributed by atoms with van der Waals surface area (Å²) in [6, 6.07) is 11.2. The van der Waals surface area contributed by atoms with Crippen LogP contribution in [0.15, 0.2) is 41.8 Å². The molecule has 1 aromatic carbocycles. The van der Waals surface area contributed by atoms with Gasteiger partial charge < -0.3 is 10.6 Å². The molecule has 0 saturated heterocycles. The highest BCUT2D eigenvalue weighted by Crippen LogP contribution is 2.13. The molecule has 3 nitrogen and oxygen atoms in total. The monoisotopic (exact) mass is 280 g/mol. The number of amides is 1. The highest BCUT2D eigenvalue weighted by Gasteiger charge is 2.01. The molecule has 18 heavy (non-hydrogen) atoms. The van der Waals surface area contributed by atoms with E-state index in [1.165, 1.54) is 0 Å². The third-order valence-corrected chi connectivity index (χ3v) is 3.47. The summed E-state index contributed by atoms with van der Waals surface area (Å²) < 4.78 is 0. The van der Waals surface area contributed by atoms with Gasteiger partial charge >= 0.3 is 0 Å². The zero-order valence-corrected chi connectivity index (χ0v) is 11.2. The largest absolute Gasteiger partial charge is 0.376 e. The number of benzene rings is 1. The van der Waals surface area contributed by atoms with E-state index < -0.39 is 0 Å². The topological polar surface area (TPSA) is 41.1 Å². The number of hydrogen-bond acceptors (Lipinski definition) is 3. The van der Waals surface area contributed by atoms with Crippen molar-refractivity contribution in [2.45, 2.75) is 6.54 Å². The number of nitrogens with one attached hydrogen (secondary N) is 2. The second kappa shape index (κ2) is 6.42. The first kappa shape index (κ1) is 12.9. The third kappa shape index (κ3) is 4.05. The molecule has 0 fully saturated rings. The van der Waals surface area contributed by atoms with Crippen LogP contribution in [0.25, 0.3) is 0 Å². The van der Waals surface area contributed by atoms with Crippen molar-refractivity contribution in [3.63, 3.8) is 0 Å². The van der Waals surface area contributed by atoms with Crippen molar-refractivity contribution in [1.82, 2.24) is 5.32 Å². The zero-order chi connectivity index (χ0) is 12.8. The SMILES string of the molecule is O=C(CNc1ccc(Cl)cc1)NCc1cccs1. The van der Waals surface area contributed by atoms with Crippen molar-refractivity contribution in [2.24, 2.45) is 0 Å². The Kier molecular flexibility index (Phi) is 4.61. The lowest BCUT2D eigenvalue weighted by Gasteiger charge is -2.07. The van der Waals surface area contributed by atoms with E-state index >= 15 is 0 Å². The van der Waals surface area contributed by atoms with E-state index in [0.29, 0.717) is 11.6 Å². The number of anilines is 1. The van der Waals surface area contributed by atoms with Crippen molar-refractivity contribution in [3.05, 3.63) is 51.7 Å². The molecule has 2 N–H and O–H groups in total. The van der Waals surface area contributed by atoms with E-state index in [1.54, 1.807) is 23.5 Å². The van der Waals surface area contributed by atoms with E-state index in [4.69, 9.17) is 11.6 Å². The molecular formula is C13H13ClN2OS. The Morgan fingerprint density at radius 3 is 2.67 bits per heavy atom. The third-order valence-electron chi connectivity index (χ3n) is 2.34. The predicted molar refractivity (Wildman–Crippen MR) is 76.1 cm³/mol. The van der Waals surface area contributed by atoms with Crippen molar-refractivity contribution in [1.29, 1.82) is 0 Å². The molecule has 1 amide bonds. The molecule has 5 heteroatoms. The number of hydrogen-bond donors (Lipinski definition) is 2. The molecule has 2 rings (SSSR count). The average Bonchev–Trinajstić information content (AvgIpc) is 2.89. The minimum absolute atomic E-state index is 0.0293.